The van der Waals surface area contributed by atoms with Crippen molar-refractivity contribution in [1.29, 1.82) is 0 Å². The molecule has 2 heterocycles. The lowest BCUT2D eigenvalue weighted by molar-refractivity contribution is -0.134. The molecule has 130 valence electrons. The van der Waals surface area contributed by atoms with Gasteiger partial charge >= 0.3 is 0 Å². The van der Waals surface area contributed by atoms with Gasteiger partial charge in [-0.25, -0.2) is 0 Å². The molecule has 0 bridgehead atoms. The lowest BCUT2D eigenvalue weighted by Crippen LogP contribution is -2.48. The molecule has 1 aliphatic rings. The standard InChI is InChI=1S/C20H22N2O2S/c23-19(9-8-17-10-13-25-15-17)21-18(14-16-6-2-1-3-7-16)20(24)22-11-4-5-12-22/h1-3,6-10,13,15,18H,4-5,11-12,14H2,(H,21,23)/b9-8-/t18-/m1/s1. The monoisotopic (exact) mass is 354 g/mol. The van der Waals surface area contributed by atoms with Crippen molar-refractivity contribution in [1.82, 2.24) is 10.2 Å². The molecule has 0 radical (unpaired) electrons. The summed E-state index contributed by atoms with van der Waals surface area (Å²) >= 11 is 1.58. The molecule has 1 fully saturated rings. The third-order valence-electron chi connectivity index (χ3n) is 4.29. The number of carbonyl (C=O) groups excluding carboxylic acids is 2. The summed E-state index contributed by atoms with van der Waals surface area (Å²) < 4.78 is 0. The largest absolute Gasteiger partial charge is 0.341 e. The zero-order valence-electron chi connectivity index (χ0n) is 14.1. The number of rotatable bonds is 6. The fourth-order valence-electron chi connectivity index (χ4n) is 2.97. The molecule has 0 spiro atoms. The van der Waals surface area contributed by atoms with Gasteiger partial charge in [0.25, 0.3) is 0 Å². The van der Waals surface area contributed by atoms with Crippen molar-refractivity contribution in [3.63, 3.8) is 0 Å². The van der Waals surface area contributed by atoms with E-state index in [0.717, 1.165) is 37.1 Å². The maximum absolute atomic E-state index is 12.8. The van der Waals surface area contributed by atoms with Crippen LogP contribution >= 0.6 is 11.3 Å². The number of benzene rings is 1. The summed E-state index contributed by atoms with van der Waals surface area (Å²) in [5.74, 6) is -0.224. The zero-order valence-corrected chi connectivity index (χ0v) is 14.9. The second kappa shape index (κ2) is 8.62. The molecule has 2 amide bonds. The average molecular weight is 354 g/mol. The van der Waals surface area contributed by atoms with Crippen molar-refractivity contribution in [3.8, 4) is 0 Å². The smallest absolute Gasteiger partial charge is 0.245 e. The molecule has 1 aliphatic heterocycles. The summed E-state index contributed by atoms with van der Waals surface area (Å²) in [5.41, 5.74) is 2.03. The summed E-state index contributed by atoms with van der Waals surface area (Å²) in [6.07, 6.45) is 5.85. The summed E-state index contributed by atoms with van der Waals surface area (Å²) in [6.45, 7) is 1.56. The van der Waals surface area contributed by atoms with Crippen LogP contribution in [0.25, 0.3) is 6.08 Å². The number of amides is 2. The highest BCUT2D eigenvalue weighted by atomic mass is 32.1. The van der Waals surface area contributed by atoms with Crippen LogP contribution in [0.1, 0.15) is 24.0 Å². The lowest BCUT2D eigenvalue weighted by Gasteiger charge is -2.23. The first-order chi connectivity index (χ1) is 12.2. The van der Waals surface area contributed by atoms with E-state index in [1.54, 1.807) is 17.4 Å². The highest BCUT2D eigenvalue weighted by Crippen LogP contribution is 2.13. The molecule has 0 saturated carbocycles. The van der Waals surface area contributed by atoms with Gasteiger partial charge in [0, 0.05) is 25.6 Å². The first kappa shape index (κ1) is 17.4. The van der Waals surface area contributed by atoms with E-state index in [9.17, 15) is 9.59 Å². The van der Waals surface area contributed by atoms with E-state index in [1.807, 2.05) is 52.1 Å². The predicted octanol–water partition coefficient (Wildman–Crippen LogP) is 3.11. The van der Waals surface area contributed by atoms with E-state index in [-0.39, 0.29) is 11.8 Å². The van der Waals surface area contributed by atoms with Gasteiger partial charge < -0.3 is 10.2 Å². The molecule has 5 heteroatoms. The van der Waals surface area contributed by atoms with Crippen LogP contribution < -0.4 is 5.32 Å². The minimum absolute atomic E-state index is 0.0126. The molecular formula is C20H22N2O2S. The van der Waals surface area contributed by atoms with Crippen LogP contribution in [0.15, 0.2) is 53.2 Å². The van der Waals surface area contributed by atoms with Crippen molar-refractivity contribution < 1.29 is 9.59 Å². The first-order valence-corrected chi connectivity index (χ1v) is 9.50. The van der Waals surface area contributed by atoms with E-state index in [1.165, 1.54) is 6.08 Å². The fraction of sp³-hybridized carbons (Fsp3) is 0.300. The lowest BCUT2D eigenvalue weighted by atomic mass is 10.0. The molecule has 1 saturated heterocycles. The molecule has 4 nitrogen and oxygen atoms in total. The molecule has 0 unspecified atom stereocenters. The third kappa shape index (κ3) is 5.03. The van der Waals surface area contributed by atoms with Crippen LogP contribution in [0.5, 0.6) is 0 Å². The number of nitrogens with one attached hydrogen (secondary N) is 1. The van der Waals surface area contributed by atoms with Gasteiger partial charge in [-0.3, -0.25) is 9.59 Å². The summed E-state index contributed by atoms with van der Waals surface area (Å²) in [6, 6.07) is 11.2. The van der Waals surface area contributed by atoms with Gasteiger partial charge in [0.05, 0.1) is 0 Å². The topological polar surface area (TPSA) is 49.4 Å². The Balaban J connectivity index is 1.68. The molecular weight excluding hydrogens is 332 g/mol. The quantitative estimate of drug-likeness (QED) is 0.811. The van der Waals surface area contributed by atoms with Crippen LogP contribution in [0.3, 0.4) is 0 Å². The Hall–Kier alpha value is -2.40. The normalized spacial score (nSPS) is 15.4. The van der Waals surface area contributed by atoms with E-state index < -0.39 is 6.04 Å². The Kier molecular flexibility index (Phi) is 6.01. The molecule has 25 heavy (non-hydrogen) atoms. The molecule has 0 aliphatic carbocycles. The Morgan fingerprint density at radius 2 is 1.92 bits per heavy atom. The third-order valence-corrected chi connectivity index (χ3v) is 4.99. The minimum atomic E-state index is -0.528. The van der Waals surface area contributed by atoms with Crippen LogP contribution in [-0.2, 0) is 16.0 Å². The first-order valence-electron chi connectivity index (χ1n) is 8.56. The SMILES string of the molecule is O=C(/C=C\c1ccsc1)N[C@H](Cc1ccccc1)C(=O)N1CCCC1. The summed E-state index contributed by atoms with van der Waals surface area (Å²) in [7, 11) is 0. The predicted molar refractivity (Wildman–Crippen MR) is 101 cm³/mol. The number of thiophene rings is 1. The average Bonchev–Trinajstić information content (AvgIpc) is 3.33. The Morgan fingerprint density at radius 1 is 1.16 bits per heavy atom. The van der Waals surface area contributed by atoms with Crippen LogP contribution in [-0.4, -0.2) is 35.8 Å². The van der Waals surface area contributed by atoms with Crippen LogP contribution in [0.4, 0.5) is 0 Å². The Morgan fingerprint density at radius 3 is 2.60 bits per heavy atom. The van der Waals surface area contributed by atoms with Crippen molar-refractivity contribution >= 4 is 29.2 Å². The molecule has 1 atom stereocenters. The number of hydrogen-bond donors (Lipinski definition) is 1. The van der Waals surface area contributed by atoms with Gasteiger partial charge in [-0.05, 0) is 46.9 Å². The van der Waals surface area contributed by atoms with Crippen molar-refractivity contribution in [2.45, 2.75) is 25.3 Å². The number of hydrogen-bond acceptors (Lipinski definition) is 3. The van der Waals surface area contributed by atoms with E-state index >= 15 is 0 Å². The van der Waals surface area contributed by atoms with Gasteiger partial charge in [0.1, 0.15) is 6.04 Å². The molecule has 1 aromatic heterocycles. The highest BCUT2D eigenvalue weighted by Gasteiger charge is 2.27. The highest BCUT2D eigenvalue weighted by molar-refractivity contribution is 7.08. The second-order valence-electron chi connectivity index (χ2n) is 6.17. The Bertz CT molecular complexity index is 719. The minimum Gasteiger partial charge on any atom is -0.341 e. The van der Waals surface area contributed by atoms with Crippen LogP contribution in [0, 0.1) is 0 Å². The summed E-state index contributed by atoms with van der Waals surface area (Å²) in [5, 5.41) is 6.83. The van der Waals surface area contributed by atoms with E-state index in [4.69, 9.17) is 0 Å². The number of likely N-dealkylation sites (tertiary alicyclic amines) is 1. The molecule has 2 aromatic rings. The maximum Gasteiger partial charge on any atom is 0.245 e. The van der Waals surface area contributed by atoms with Crippen molar-refractivity contribution in [2.24, 2.45) is 0 Å². The van der Waals surface area contributed by atoms with Gasteiger partial charge in [-0.1, -0.05) is 30.3 Å². The molecule has 1 aromatic carbocycles. The van der Waals surface area contributed by atoms with E-state index in [2.05, 4.69) is 5.32 Å². The van der Waals surface area contributed by atoms with Gasteiger partial charge in [0.2, 0.25) is 11.8 Å². The second-order valence-corrected chi connectivity index (χ2v) is 6.95. The van der Waals surface area contributed by atoms with Crippen molar-refractivity contribution in [3.05, 3.63) is 64.4 Å². The molecule has 1 N–H and O–H groups in total. The van der Waals surface area contributed by atoms with Crippen molar-refractivity contribution in [2.75, 3.05) is 13.1 Å². The van der Waals surface area contributed by atoms with Gasteiger partial charge in [0.15, 0.2) is 0 Å². The Labute approximate surface area is 152 Å². The molecule has 3 rings (SSSR count). The van der Waals surface area contributed by atoms with Gasteiger partial charge in [-0.15, -0.1) is 0 Å². The zero-order chi connectivity index (χ0) is 17.5. The number of carbonyl (C=O) groups is 2. The summed E-state index contributed by atoms with van der Waals surface area (Å²) in [4.78, 5) is 27.0. The maximum atomic E-state index is 12.8. The van der Waals surface area contributed by atoms with E-state index in [0.29, 0.717) is 6.42 Å². The van der Waals surface area contributed by atoms with Crippen LogP contribution in [0.2, 0.25) is 0 Å². The number of nitrogens with zero attached hydrogens (tertiary/aromatic N) is 1. The fourth-order valence-corrected chi connectivity index (χ4v) is 3.60. The van der Waals surface area contributed by atoms with Gasteiger partial charge in [-0.2, -0.15) is 11.3 Å².